The van der Waals surface area contributed by atoms with Crippen molar-refractivity contribution in [2.75, 3.05) is 13.7 Å². The molecule has 0 atom stereocenters. The van der Waals surface area contributed by atoms with Gasteiger partial charge in [0.05, 0.1) is 25.0 Å². The Kier molecular flexibility index (Phi) is 8.16. The van der Waals surface area contributed by atoms with Crippen molar-refractivity contribution in [1.82, 2.24) is 5.43 Å². The van der Waals surface area contributed by atoms with Gasteiger partial charge in [-0.1, -0.05) is 54.6 Å². The second-order valence-corrected chi connectivity index (χ2v) is 8.50. The monoisotopic (exact) mass is 543 g/mol. The van der Waals surface area contributed by atoms with E-state index < -0.39 is 5.91 Å². The molecule has 8 heteroatoms. The highest BCUT2D eigenvalue weighted by molar-refractivity contribution is 9.10. The van der Waals surface area contributed by atoms with Gasteiger partial charge < -0.3 is 14.2 Å². The number of carbonyl (C=O) groups excluding carboxylic acids is 1. The van der Waals surface area contributed by atoms with Crippen LogP contribution in [0.3, 0.4) is 0 Å². The molecule has 0 fully saturated rings. The van der Waals surface area contributed by atoms with Gasteiger partial charge in [-0.2, -0.15) is 10.4 Å². The quantitative estimate of drug-likeness (QED) is 0.219. The minimum Gasteiger partial charge on any atom is -0.493 e. The molecule has 4 aromatic carbocycles. The van der Waals surface area contributed by atoms with Crippen molar-refractivity contribution in [1.29, 1.82) is 5.26 Å². The van der Waals surface area contributed by atoms with Crippen LogP contribution < -0.4 is 19.6 Å². The van der Waals surface area contributed by atoms with Gasteiger partial charge in [-0.15, -0.1) is 0 Å². The first kappa shape index (κ1) is 24.8. The maximum absolute atomic E-state index is 12.2. The summed E-state index contributed by atoms with van der Waals surface area (Å²) in [6.07, 6.45) is 1.50. The highest BCUT2D eigenvalue weighted by atomic mass is 79.9. The average molecular weight is 544 g/mol. The maximum Gasteiger partial charge on any atom is 0.277 e. The molecule has 7 nitrogen and oxygen atoms in total. The van der Waals surface area contributed by atoms with Crippen LogP contribution >= 0.6 is 15.9 Å². The first-order chi connectivity index (χ1) is 17.6. The minimum atomic E-state index is -0.390. The van der Waals surface area contributed by atoms with Crippen LogP contribution in [0, 0.1) is 11.3 Å². The van der Waals surface area contributed by atoms with Gasteiger partial charge in [-0.05, 0) is 45.6 Å². The Morgan fingerprint density at radius 3 is 2.61 bits per heavy atom. The first-order valence-corrected chi connectivity index (χ1v) is 11.8. The number of benzene rings is 4. The van der Waals surface area contributed by atoms with Crippen molar-refractivity contribution >= 4 is 38.8 Å². The Morgan fingerprint density at radius 2 is 1.78 bits per heavy atom. The molecule has 36 heavy (non-hydrogen) atoms. The number of ether oxygens (including phenoxy) is 3. The van der Waals surface area contributed by atoms with E-state index in [2.05, 4.69) is 32.5 Å². The minimum absolute atomic E-state index is 0.174. The summed E-state index contributed by atoms with van der Waals surface area (Å²) in [5.74, 6) is 1.23. The third-order valence-electron chi connectivity index (χ3n) is 5.31. The summed E-state index contributed by atoms with van der Waals surface area (Å²) in [6, 6.07) is 26.4. The Balaban J connectivity index is 1.37. The number of rotatable bonds is 9. The van der Waals surface area contributed by atoms with E-state index in [1.54, 1.807) is 18.2 Å². The van der Waals surface area contributed by atoms with Crippen molar-refractivity contribution in [2.45, 2.75) is 6.61 Å². The van der Waals surface area contributed by atoms with Gasteiger partial charge in [0.1, 0.15) is 12.4 Å². The first-order valence-electron chi connectivity index (χ1n) is 11.0. The van der Waals surface area contributed by atoms with Crippen LogP contribution in [0.1, 0.15) is 16.7 Å². The smallest absolute Gasteiger partial charge is 0.277 e. The Labute approximate surface area is 217 Å². The largest absolute Gasteiger partial charge is 0.493 e. The van der Waals surface area contributed by atoms with Crippen LogP contribution in [-0.2, 0) is 11.4 Å². The number of halogens is 1. The standard InChI is InChI=1S/C28H22BrN3O4/c1-34-26-13-22(24(29)14-27(26)35-17-21-9-3-2-8-20(21)15-30)16-31-32-28(33)18-36-25-12-6-10-19-7-4-5-11-23(19)25/h2-14,16H,17-18H2,1H3,(H,32,33). The van der Waals surface area contributed by atoms with Gasteiger partial charge in [0.25, 0.3) is 5.91 Å². The molecular weight excluding hydrogens is 522 g/mol. The number of fused-ring (bicyclic) bond motifs is 1. The fourth-order valence-corrected chi connectivity index (χ4v) is 3.93. The van der Waals surface area contributed by atoms with Gasteiger partial charge in [0, 0.05) is 21.0 Å². The molecule has 0 bridgehead atoms. The number of methoxy groups -OCH3 is 1. The molecule has 180 valence electrons. The highest BCUT2D eigenvalue weighted by Crippen LogP contribution is 2.33. The van der Waals surface area contributed by atoms with E-state index in [0.29, 0.717) is 32.8 Å². The van der Waals surface area contributed by atoms with Crippen LogP contribution in [0.4, 0.5) is 0 Å². The van der Waals surface area contributed by atoms with E-state index in [0.717, 1.165) is 16.3 Å². The number of hydrogen-bond donors (Lipinski definition) is 1. The number of carbonyl (C=O) groups is 1. The van der Waals surface area contributed by atoms with E-state index in [1.165, 1.54) is 13.3 Å². The molecule has 1 amide bonds. The summed E-state index contributed by atoms with van der Waals surface area (Å²) in [7, 11) is 1.53. The predicted molar refractivity (Wildman–Crippen MR) is 141 cm³/mol. The van der Waals surface area contributed by atoms with Crippen LogP contribution in [0.5, 0.6) is 17.2 Å². The number of nitrogens with one attached hydrogen (secondary N) is 1. The molecule has 0 heterocycles. The van der Waals surface area contributed by atoms with Crippen LogP contribution in [0.25, 0.3) is 10.8 Å². The summed E-state index contributed by atoms with van der Waals surface area (Å²) in [5, 5.41) is 15.3. The van der Waals surface area contributed by atoms with Gasteiger partial charge in [-0.3, -0.25) is 4.79 Å². The SMILES string of the molecule is COc1cc(C=NNC(=O)COc2cccc3ccccc23)c(Br)cc1OCc1ccccc1C#N. The summed E-state index contributed by atoms with van der Waals surface area (Å²) in [4.78, 5) is 12.2. The van der Waals surface area contributed by atoms with Crippen molar-refractivity contribution in [3.05, 3.63) is 100 Å². The average Bonchev–Trinajstić information content (AvgIpc) is 2.91. The van der Waals surface area contributed by atoms with Gasteiger partial charge in [0.2, 0.25) is 0 Å². The van der Waals surface area contributed by atoms with E-state index >= 15 is 0 Å². The summed E-state index contributed by atoms with van der Waals surface area (Å²) >= 11 is 3.50. The van der Waals surface area contributed by atoms with Crippen LogP contribution in [0.2, 0.25) is 0 Å². The zero-order chi connectivity index (χ0) is 25.3. The number of hydrogen-bond acceptors (Lipinski definition) is 6. The van der Waals surface area contributed by atoms with Crippen molar-refractivity contribution in [3.8, 4) is 23.3 Å². The van der Waals surface area contributed by atoms with Gasteiger partial charge in [-0.25, -0.2) is 5.43 Å². The third kappa shape index (κ3) is 6.01. The van der Waals surface area contributed by atoms with Crippen molar-refractivity contribution < 1.29 is 19.0 Å². The van der Waals surface area contributed by atoms with Gasteiger partial charge in [0.15, 0.2) is 18.1 Å². The molecule has 0 saturated carbocycles. The zero-order valence-corrected chi connectivity index (χ0v) is 21.0. The molecule has 4 aromatic rings. The number of nitriles is 1. The summed E-state index contributed by atoms with van der Waals surface area (Å²) in [6.45, 7) is 0.0412. The third-order valence-corrected chi connectivity index (χ3v) is 5.99. The van der Waals surface area contributed by atoms with Crippen molar-refractivity contribution in [3.63, 3.8) is 0 Å². The summed E-state index contributed by atoms with van der Waals surface area (Å²) in [5.41, 5.74) is 4.47. The normalized spacial score (nSPS) is 10.7. The van der Waals surface area contributed by atoms with Crippen molar-refractivity contribution in [2.24, 2.45) is 5.10 Å². The fourth-order valence-electron chi connectivity index (χ4n) is 3.50. The second kappa shape index (κ2) is 11.9. The molecule has 1 N–H and O–H groups in total. The molecule has 0 aliphatic heterocycles. The van der Waals surface area contributed by atoms with Crippen LogP contribution in [0.15, 0.2) is 88.4 Å². The predicted octanol–water partition coefficient (Wildman–Crippen LogP) is 5.59. The fraction of sp³-hybridized carbons (Fsp3) is 0.107. The number of hydrazone groups is 1. The molecule has 0 spiro atoms. The molecule has 0 saturated heterocycles. The zero-order valence-electron chi connectivity index (χ0n) is 19.4. The molecule has 0 aliphatic rings. The van der Waals surface area contributed by atoms with E-state index in [4.69, 9.17) is 14.2 Å². The molecular formula is C28H22BrN3O4. The Bertz CT molecular complexity index is 1460. The maximum atomic E-state index is 12.2. The van der Waals surface area contributed by atoms with E-state index in [1.807, 2.05) is 60.7 Å². The lowest BCUT2D eigenvalue weighted by atomic mass is 10.1. The topological polar surface area (TPSA) is 92.9 Å². The Morgan fingerprint density at radius 1 is 1.00 bits per heavy atom. The lowest BCUT2D eigenvalue weighted by Gasteiger charge is -2.13. The molecule has 0 aromatic heterocycles. The molecule has 0 aliphatic carbocycles. The van der Waals surface area contributed by atoms with E-state index in [9.17, 15) is 10.1 Å². The van der Waals surface area contributed by atoms with Crippen LogP contribution in [-0.4, -0.2) is 25.8 Å². The molecule has 0 unspecified atom stereocenters. The highest BCUT2D eigenvalue weighted by Gasteiger charge is 2.11. The summed E-state index contributed by atoms with van der Waals surface area (Å²) < 4.78 is 17.7. The Hall–Kier alpha value is -4.35. The second-order valence-electron chi connectivity index (χ2n) is 7.64. The number of nitrogens with zero attached hydrogens (tertiary/aromatic N) is 2. The number of amides is 1. The van der Waals surface area contributed by atoms with Gasteiger partial charge >= 0.3 is 0 Å². The lowest BCUT2D eigenvalue weighted by Crippen LogP contribution is -2.24. The molecule has 0 radical (unpaired) electrons. The van der Waals surface area contributed by atoms with E-state index in [-0.39, 0.29) is 13.2 Å². The molecule has 4 rings (SSSR count). The lowest BCUT2D eigenvalue weighted by molar-refractivity contribution is -0.123.